The number of para-hydroxylation sites is 1. The smallest absolute Gasteiger partial charge is 0.411 e. The van der Waals surface area contributed by atoms with Crippen molar-refractivity contribution in [3.8, 4) is 11.1 Å². The second-order valence-electron chi connectivity index (χ2n) is 12.2. The number of rotatable bonds is 15. The molecule has 0 aliphatic carbocycles. The number of piperidine rings is 2. The average Bonchev–Trinajstić information content (AvgIpc) is 3.07. The number of amides is 3. The minimum atomic E-state index is -0.430. The van der Waals surface area contributed by atoms with Gasteiger partial charge in [0.25, 0.3) is 0 Å². The highest BCUT2D eigenvalue weighted by molar-refractivity contribution is 5.91. The Labute approximate surface area is 269 Å². The highest BCUT2D eigenvalue weighted by Gasteiger charge is 2.30. The molecule has 246 valence electrons. The van der Waals surface area contributed by atoms with Crippen molar-refractivity contribution in [3.05, 3.63) is 54.6 Å². The fourth-order valence-corrected chi connectivity index (χ4v) is 6.48. The van der Waals surface area contributed by atoms with Crippen molar-refractivity contribution in [3.63, 3.8) is 0 Å². The third kappa shape index (κ3) is 10.9. The van der Waals surface area contributed by atoms with Crippen molar-refractivity contribution in [2.45, 2.75) is 83.8 Å². The number of likely N-dealkylation sites (N-methyl/N-ethyl adjacent to an activating group) is 1. The van der Waals surface area contributed by atoms with Gasteiger partial charge < -0.3 is 19.9 Å². The van der Waals surface area contributed by atoms with Gasteiger partial charge in [0.15, 0.2) is 0 Å². The molecular weight excluding hydrogens is 566 g/mol. The Balaban J connectivity index is 1.06. The summed E-state index contributed by atoms with van der Waals surface area (Å²) in [5, 5.41) is 6.00. The van der Waals surface area contributed by atoms with Gasteiger partial charge in [-0.25, -0.2) is 4.79 Å². The number of unbranched alkanes of at least 4 members (excludes halogenated alkanes) is 2. The van der Waals surface area contributed by atoms with Gasteiger partial charge >= 0.3 is 6.09 Å². The Bertz CT molecular complexity index is 1200. The van der Waals surface area contributed by atoms with Gasteiger partial charge in [0, 0.05) is 51.3 Å². The fourth-order valence-electron chi connectivity index (χ4n) is 6.48. The first-order valence-electron chi connectivity index (χ1n) is 17.1. The van der Waals surface area contributed by atoms with Gasteiger partial charge in [-0.15, -0.1) is 0 Å². The first-order valence-corrected chi connectivity index (χ1v) is 17.1. The van der Waals surface area contributed by atoms with Crippen molar-refractivity contribution >= 4 is 23.6 Å². The lowest BCUT2D eigenvalue weighted by Crippen LogP contribution is -2.51. The lowest BCUT2D eigenvalue weighted by atomic mass is 10.00. The molecule has 2 aromatic carbocycles. The Morgan fingerprint density at radius 3 is 2.33 bits per heavy atom. The molecule has 2 N–H and O–H groups in total. The molecule has 9 heteroatoms. The molecule has 45 heavy (non-hydrogen) atoms. The van der Waals surface area contributed by atoms with E-state index in [0.717, 1.165) is 101 Å². The summed E-state index contributed by atoms with van der Waals surface area (Å²) in [5.41, 5.74) is 2.73. The van der Waals surface area contributed by atoms with Crippen molar-refractivity contribution in [2.24, 2.45) is 0 Å². The quantitative estimate of drug-likeness (QED) is 0.246. The highest BCUT2D eigenvalue weighted by Crippen LogP contribution is 2.28. The number of carbonyl (C=O) groups is 3. The van der Waals surface area contributed by atoms with Crippen molar-refractivity contribution in [2.75, 3.05) is 57.7 Å². The zero-order valence-electron chi connectivity index (χ0n) is 27.3. The lowest BCUT2D eigenvalue weighted by molar-refractivity contribution is -0.138. The maximum absolute atomic E-state index is 12.9. The van der Waals surface area contributed by atoms with E-state index < -0.39 is 6.09 Å². The molecular formula is C36H53N5O4. The van der Waals surface area contributed by atoms with E-state index in [1.165, 1.54) is 6.42 Å². The van der Waals surface area contributed by atoms with Gasteiger partial charge in [0.2, 0.25) is 11.8 Å². The summed E-state index contributed by atoms with van der Waals surface area (Å²) in [5.74, 6) is 0.376. The van der Waals surface area contributed by atoms with Crippen LogP contribution in [0, 0.1) is 0 Å². The van der Waals surface area contributed by atoms with E-state index in [4.69, 9.17) is 4.74 Å². The van der Waals surface area contributed by atoms with Crippen molar-refractivity contribution in [1.29, 1.82) is 0 Å². The number of nitrogens with one attached hydrogen (secondary N) is 2. The molecule has 0 radical (unpaired) electrons. The molecule has 1 unspecified atom stereocenters. The summed E-state index contributed by atoms with van der Waals surface area (Å²) in [7, 11) is 0. The summed E-state index contributed by atoms with van der Waals surface area (Å²) in [6, 6.07) is 17.8. The predicted octanol–water partition coefficient (Wildman–Crippen LogP) is 5.77. The molecule has 2 fully saturated rings. The summed E-state index contributed by atoms with van der Waals surface area (Å²) < 4.78 is 5.74. The van der Waals surface area contributed by atoms with Crippen LogP contribution < -0.4 is 10.6 Å². The maximum atomic E-state index is 12.9. The van der Waals surface area contributed by atoms with Crippen LogP contribution in [0.1, 0.15) is 71.6 Å². The first-order chi connectivity index (χ1) is 22.0. The number of carbonyl (C=O) groups excluding carboxylic acids is 3. The number of benzene rings is 2. The van der Waals surface area contributed by atoms with E-state index in [1.54, 1.807) is 0 Å². The topological polar surface area (TPSA) is 94.2 Å². The summed E-state index contributed by atoms with van der Waals surface area (Å²) in [6.07, 6.45) is 7.75. The molecule has 0 aromatic heterocycles. The van der Waals surface area contributed by atoms with E-state index >= 15 is 0 Å². The molecule has 1 atom stereocenters. The van der Waals surface area contributed by atoms with Gasteiger partial charge in [0.1, 0.15) is 6.10 Å². The van der Waals surface area contributed by atoms with Crippen molar-refractivity contribution in [1.82, 2.24) is 20.0 Å². The largest absolute Gasteiger partial charge is 0.446 e. The Hall–Kier alpha value is -3.43. The average molecular weight is 620 g/mol. The second-order valence-corrected chi connectivity index (χ2v) is 12.2. The summed E-state index contributed by atoms with van der Waals surface area (Å²) in [6.45, 7) is 10.6. The fraction of sp³-hybridized carbons (Fsp3) is 0.583. The highest BCUT2D eigenvalue weighted by atomic mass is 16.6. The zero-order valence-corrected chi connectivity index (χ0v) is 27.3. The molecule has 0 bridgehead atoms. The van der Waals surface area contributed by atoms with Gasteiger partial charge in [-0.2, -0.15) is 0 Å². The normalized spacial score (nSPS) is 17.9. The van der Waals surface area contributed by atoms with Crippen LogP contribution in [-0.2, 0) is 14.3 Å². The number of nitrogens with zero attached hydrogens (tertiary/aromatic N) is 3. The maximum Gasteiger partial charge on any atom is 0.411 e. The zero-order chi connectivity index (χ0) is 31.9. The van der Waals surface area contributed by atoms with Crippen molar-refractivity contribution < 1.29 is 19.1 Å². The van der Waals surface area contributed by atoms with Crippen LogP contribution in [0.5, 0.6) is 0 Å². The minimum Gasteiger partial charge on any atom is -0.446 e. The Morgan fingerprint density at radius 2 is 1.58 bits per heavy atom. The van der Waals surface area contributed by atoms with Crippen LogP contribution >= 0.6 is 0 Å². The second kappa shape index (κ2) is 18.5. The molecule has 9 nitrogen and oxygen atoms in total. The monoisotopic (exact) mass is 619 g/mol. The molecule has 2 aromatic rings. The Morgan fingerprint density at radius 1 is 0.844 bits per heavy atom. The van der Waals surface area contributed by atoms with Crippen LogP contribution in [-0.4, -0.2) is 97.1 Å². The van der Waals surface area contributed by atoms with E-state index in [1.807, 2.05) is 59.5 Å². The molecule has 2 aliphatic heterocycles. The molecule has 3 amide bonds. The molecule has 0 saturated carbocycles. The Kier molecular flexibility index (Phi) is 14.2. The van der Waals surface area contributed by atoms with Crippen LogP contribution in [0.2, 0.25) is 0 Å². The van der Waals surface area contributed by atoms with E-state index in [2.05, 4.69) is 34.3 Å². The predicted molar refractivity (Wildman–Crippen MR) is 180 cm³/mol. The summed E-state index contributed by atoms with van der Waals surface area (Å²) in [4.78, 5) is 44.7. The third-order valence-corrected chi connectivity index (χ3v) is 9.13. The van der Waals surface area contributed by atoms with Crippen LogP contribution in [0.4, 0.5) is 10.5 Å². The van der Waals surface area contributed by atoms with E-state index in [-0.39, 0.29) is 24.0 Å². The number of hydrogen-bond acceptors (Lipinski definition) is 6. The summed E-state index contributed by atoms with van der Waals surface area (Å²) >= 11 is 0. The number of anilines is 1. The molecule has 2 heterocycles. The molecule has 2 aliphatic rings. The molecule has 0 spiro atoms. The number of ether oxygens (including phenoxy) is 1. The van der Waals surface area contributed by atoms with Gasteiger partial charge in [-0.3, -0.25) is 19.8 Å². The van der Waals surface area contributed by atoms with Crippen LogP contribution in [0.3, 0.4) is 0 Å². The number of likely N-dealkylation sites (tertiary alicyclic amines) is 2. The standard InChI is InChI=1S/C36H53N5O4/c1-3-40(4-2)35(43)33-19-11-14-25-41(33)24-13-6-12-23-37-34(42)22-28-39-26-20-30(21-27-39)45-36(44)38-32-18-10-9-17-31(32)29-15-7-5-8-16-29/h5,7-10,15-18,30,33H,3-4,6,11-14,19-28H2,1-2H3,(H,37,42)(H,38,44). The first kappa shape index (κ1) is 34.4. The third-order valence-electron chi connectivity index (χ3n) is 9.13. The molecule has 4 rings (SSSR count). The number of hydrogen-bond donors (Lipinski definition) is 2. The van der Waals surface area contributed by atoms with Gasteiger partial charge in [-0.1, -0.05) is 61.4 Å². The van der Waals surface area contributed by atoms with E-state index in [9.17, 15) is 14.4 Å². The minimum absolute atomic E-state index is 0.0366. The van der Waals surface area contributed by atoms with Crippen LogP contribution in [0.25, 0.3) is 11.1 Å². The van der Waals surface area contributed by atoms with Crippen LogP contribution in [0.15, 0.2) is 54.6 Å². The van der Waals surface area contributed by atoms with E-state index in [0.29, 0.717) is 19.5 Å². The molecule has 2 saturated heterocycles. The SMILES string of the molecule is CCN(CC)C(=O)C1CCCCN1CCCCCNC(=O)CCN1CCC(OC(=O)Nc2ccccc2-c2ccccc2)CC1. The van der Waals surface area contributed by atoms with Gasteiger partial charge in [-0.05, 0) is 77.1 Å². The van der Waals surface area contributed by atoms with Gasteiger partial charge in [0.05, 0.1) is 11.7 Å². The lowest BCUT2D eigenvalue weighted by Gasteiger charge is -2.37.